The summed E-state index contributed by atoms with van der Waals surface area (Å²) < 4.78 is 19.1. The topological polar surface area (TPSA) is 266 Å². The van der Waals surface area contributed by atoms with Crippen molar-refractivity contribution in [1.29, 1.82) is 0 Å². The van der Waals surface area contributed by atoms with E-state index in [1.54, 1.807) is 25.0 Å². The molecule has 0 heterocycles. The summed E-state index contributed by atoms with van der Waals surface area (Å²) in [6.45, 7) is 0. The van der Waals surface area contributed by atoms with Crippen LogP contribution in [0.15, 0.2) is 0 Å². The van der Waals surface area contributed by atoms with E-state index < -0.39 is 36.9 Å². The summed E-state index contributed by atoms with van der Waals surface area (Å²) >= 11 is 0. The molecule has 0 aromatic rings. The molecule has 0 unspecified atom stereocenters. The predicted octanol–water partition coefficient (Wildman–Crippen LogP) is -1.65. The fraction of sp³-hybridized carbons (Fsp3) is 1.00. The van der Waals surface area contributed by atoms with Crippen LogP contribution in [0.1, 0.15) is 0 Å². The van der Waals surface area contributed by atoms with Gasteiger partial charge in [0, 0.05) is 46.6 Å². The molecule has 0 atom stereocenters. The van der Waals surface area contributed by atoms with Crippen LogP contribution >= 0.6 is 0 Å². The first-order valence-corrected chi connectivity index (χ1v) is 7.54. The first-order valence-electron chi connectivity index (χ1n) is 3.61. The maximum atomic E-state index is 9.56. The predicted molar refractivity (Wildman–Crippen MR) is 75.9 cm³/mol. The normalized spacial score (nSPS) is 6.45. The number of nitrogens with zero attached hydrogens (tertiary/aromatic N) is 3. The van der Waals surface area contributed by atoms with Gasteiger partial charge in [0.25, 0.3) is 0 Å². The van der Waals surface area contributed by atoms with Gasteiger partial charge < -0.3 is 51.4 Å². The Morgan fingerprint density at radius 1 is 0.591 bits per heavy atom. The van der Waals surface area contributed by atoms with Gasteiger partial charge in [0.15, 0.2) is 0 Å². The van der Waals surface area contributed by atoms with Crippen LogP contribution in [0.4, 0.5) is 0 Å². The van der Waals surface area contributed by atoms with Crippen LogP contribution in [0.3, 0.4) is 0 Å². The SMILES string of the molecule is CS(C)=O.CS(C)=O.O=[N+]([O-])[O-].O=[N+]([O-])[O-].O=[N+]([O-])[O-].[OH3+].[Tb+3]. The molecule has 18 heteroatoms. The zero-order valence-corrected chi connectivity index (χ0v) is 15.3. The molecule has 0 saturated carbocycles. The molecule has 15 nitrogen and oxygen atoms in total. The van der Waals surface area contributed by atoms with Gasteiger partial charge in [0.2, 0.25) is 0 Å². The summed E-state index contributed by atoms with van der Waals surface area (Å²) in [7, 11) is -1.22. The Morgan fingerprint density at radius 2 is 0.591 bits per heavy atom. The van der Waals surface area contributed by atoms with E-state index in [1.165, 1.54) is 0 Å². The van der Waals surface area contributed by atoms with Crippen molar-refractivity contribution in [3.63, 3.8) is 0 Å². The van der Waals surface area contributed by atoms with E-state index in [9.17, 15) is 8.42 Å². The van der Waals surface area contributed by atoms with Gasteiger partial charge in [-0.25, -0.2) is 0 Å². The first kappa shape index (κ1) is 42.9. The minimum atomic E-state index is -1.75. The van der Waals surface area contributed by atoms with Gasteiger partial charge in [0.1, 0.15) is 0 Å². The van der Waals surface area contributed by atoms with E-state index in [4.69, 9.17) is 46.0 Å². The van der Waals surface area contributed by atoms with Gasteiger partial charge in [-0.1, -0.05) is 0 Å². The number of hydrogen-bond donors (Lipinski definition) is 0. The summed E-state index contributed by atoms with van der Waals surface area (Å²) in [6, 6.07) is 0. The van der Waals surface area contributed by atoms with E-state index in [1.807, 2.05) is 0 Å². The maximum Gasteiger partial charge on any atom is 3.00 e. The van der Waals surface area contributed by atoms with Gasteiger partial charge in [-0.05, 0) is 0 Å². The van der Waals surface area contributed by atoms with Gasteiger partial charge in [-0.2, -0.15) is 0 Å². The third-order valence-corrected chi connectivity index (χ3v) is 0. The molecule has 0 bridgehead atoms. The van der Waals surface area contributed by atoms with Crippen LogP contribution < -0.4 is 0 Å². The third-order valence-electron chi connectivity index (χ3n) is 0. The molecule has 0 aliphatic heterocycles. The molecule has 0 amide bonds. The van der Waals surface area contributed by atoms with Crippen molar-refractivity contribution in [3.05, 3.63) is 46.0 Å². The van der Waals surface area contributed by atoms with Crippen LogP contribution in [0.2, 0.25) is 0 Å². The third kappa shape index (κ3) is 8640. The number of hydrogen-bond acceptors (Lipinski definition) is 11. The second kappa shape index (κ2) is 36.9. The molecule has 3 N–H and O–H groups in total. The molecule has 0 saturated heterocycles. The van der Waals surface area contributed by atoms with Crippen LogP contribution in [0.5, 0.6) is 0 Å². The smallest absolute Gasteiger partial charge is 0.457 e. The first-order chi connectivity index (χ1) is 8.66. The van der Waals surface area contributed by atoms with Crippen molar-refractivity contribution in [2.45, 2.75) is 0 Å². The standard InChI is InChI=1S/2C2H6OS.3NO3.H2O.Tb/c2*1-4(2)3;3*2-1(3)4;;/h2*1-2H3;;;;1H2;/q;;3*-1;;+3/p+1. The van der Waals surface area contributed by atoms with Gasteiger partial charge in [0.05, 0.1) is 15.3 Å². The summed E-state index contributed by atoms with van der Waals surface area (Å²) in [6.07, 6.45) is 6.56. The minimum absolute atomic E-state index is 0. The Labute approximate surface area is 159 Å². The molecule has 0 spiro atoms. The molecular weight excluding hydrogens is 505 g/mol. The van der Waals surface area contributed by atoms with Crippen LogP contribution in [0.25, 0.3) is 0 Å². The molecule has 22 heavy (non-hydrogen) atoms. The zero-order chi connectivity index (χ0) is 17.9. The molecule has 0 radical (unpaired) electrons. The van der Waals surface area contributed by atoms with Crippen LogP contribution in [-0.2, 0) is 27.1 Å². The van der Waals surface area contributed by atoms with E-state index in [-0.39, 0.29) is 44.1 Å². The summed E-state index contributed by atoms with van der Waals surface area (Å²) in [5, 5.41) is 44.2. The van der Waals surface area contributed by atoms with Crippen molar-refractivity contribution >= 4 is 21.6 Å². The Morgan fingerprint density at radius 3 is 0.591 bits per heavy atom. The molecule has 0 aliphatic carbocycles. The van der Waals surface area contributed by atoms with Gasteiger partial charge >= 0.3 is 38.6 Å². The van der Waals surface area contributed by atoms with Crippen molar-refractivity contribution in [1.82, 2.24) is 0 Å². The quantitative estimate of drug-likeness (QED) is 0.198. The van der Waals surface area contributed by atoms with Crippen molar-refractivity contribution < 1.29 is 67.8 Å². The Hall–Kier alpha value is -0.854. The molecule has 0 aromatic heterocycles. The molecular formula is C4H15N3O12S2Tb+. The molecule has 0 aromatic carbocycles. The van der Waals surface area contributed by atoms with Gasteiger partial charge in [-0.3, -0.25) is 8.42 Å². The minimum Gasteiger partial charge on any atom is -0.457 e. The Balaban J connectivity index is -0.0000000250. The molecule has 138 valence electrons. The Bertz CT molecular complexity index is 225. The largest absolute Gasteiger partial charge is 3.00 e. The maximum absolute atomic E-state index is 9.56. The summed E-state index contributed by atoms with van der Waals surface area (Å²) in [4.78, 5) is 24.8. The Kier molecular flexibility index (Phi) is 71.9. The fourth-order valence-corrected chi connectivity index (χ4v) is 0. The summed E-state index contributed by atoms with van der Waals surface area (Å²) in [5.74, 6) is 0. The van der Waals surface area contributed by atoms with Crippen molar-refractivity contribution in [2.24, 2.45) is 0 Å². The zero-order valence-electron chi connectivity index (χ0n) is 11.6. The van der Waals surface area contributed by atoms with Crippen molar-refractivity contribution in [3.8, 4) is 0 Å². The monoisotopic (exact) mass is 520 g/mol. The van der Waals surface area contributed by atoms with E-state index in [0.717, 1.165) is 0 Å². The second-order valence-corrected chi connectivity index (χ2v) is 5.12. The van der Waals surface area contributed by atoms with Crippen LogP contribution in [-0.4, -0.2) is 48.7 Å². The van der Waals surface area contributed by atoms with E-state index in [0.29, 0.717) is 0 Å². The number of rotatable bonds is 0. The molecule has 0 rings (SSSR count). The average molecular weight is 520 g/mol. The second-order valence-electron chi connectivity index (χ2n) is 2.15. The summed E-state index contributed by atoms with van der Waals surface area (Å²) in [5.41, 5.74) is 0. The van der Waals surface area contributed by atoms with Crippen LogP contribution in [0, 0.1) is 84.6 Å². The fourth-order valence-electron chi connectivity index (χ4n) is 0. The average Bonchev–Trinajstić information content (AvgIpc) is 1.94. The molecule has 0 fully saturated rings. The van der Waals surface area contributed by atoms with E-state index in [2.05, 4.69) is 0 Å². The van der Waals surface area contributed by atoms with E-state index >= 15 is 0 Å². The van der Waals surface area contributed by atoms with Crippen molar-refractivity contribution in [2.75, 3.05) is 25.0 Å². The molecule has 0 aliphatic rings. The van der Waals surface area contributed by atoms with Gasteiger partial charge in [-0.15, -0.1) is 0 Å².